The van der Waals surface area contributed by atoms with Gasteiger partial charge in [-0.05, 0) is 40.2 Å². The second-order valence-corrected chi connectivity index (χ2v) is 4.17. The van der Waals surface area contributed by atoms with Crippen molar-refractivity contribution in [2.24, 2.45) is 0 Å². The molecular formula is C11H7BrF2N2O2. The van der Waals surface area contributed by atoms with E-state index in [0.717, 1.165) is 12.1 Å². The zero-order valence-corrected chi connectivity index (χ0v) is 10.4. The number of nitrogens with one attached hydrogen (secondary N) is 1. The molecule has 0 saturated heterocycles. The van der Waals surface area contributed by atoms with Crippen molar-refractivity contribution in [1.82, 2.24) is 0 Å². The van der Waals surface area contributed by atoms with Gasteiger partial charge in [-0.1, -0.05) is 0 Å². The molecule has 1 amide bonds. The molecule has 0 saturated carbocycles. The molecule has 1 heterocycles. The number of halogens is 3. The number of hydrogen-bond donors (Lipinski definition) is 2. The summed E-state index contributed by atoms with van der Waals surface area (Å²) in [6.45, 7) is 0. The van der Waals surface area contributed by atoms with Crippen LogP contribution in [0.4, 0.5) is 20.2 Å². The van der Waals surface area contributed by atoms with E-state index in [1.54, 1.807) is 0 Å². The van der Waals surface area contributed by atoms with Crippen LogP contribution >= 0.6 is 15.9 Å². The van der Waals surface area contributed by atoms with Crippen molar-refractivity contribution < 1.29 is 18.0 Å². The number of carbonyl (C=O) groups is 1. The SMILES string of the molecule is Nc1ccc(F)c(F)c1NC(=O)c1ccc(Br)o1. The maximum absolute atomic E-state index is 13.4. The van der Waals surface area contributed by atoms with Crippen LogP contribution in [0.3, 0.4) is 0 Å². The van der Waals surface area contributed by atoms with E-state index in [2.05, 4.69) is 21.2 Å². The lowest BCUT2D eigenvalue weighted by Gasteiger charge is -2.08. The Kier molecular flexibility index (Phi) is 3.33. The van der Waals surface area contributed by atoms with Gasteiger partial charge in [0, 0.05) is 0 Å². The van der Waals surface area contributed by atoms with Crippen molar-refractivity contribution in [2.45, 2.75) is 0 Å². The first-order chi connectivity index (χ1) is 8.49. The number of carbonyl (C=O) groups excluding carboxylic acids is 1. The van der Waals surface area contributed by atoms with E-state index >= 15 is 0 Å². The molecule has 0 spiro atoms. The lowest BCUT2D eigenvalue weighted by molar-refractivity contribution is 0.0995. The van der Waals surface area contributed by atoms with Crippen LogP contribution < -0.4 is 11.1 Å². The molecule has 7 heteroatoms. The Balaban J connectivity index is 2.30. The second kappa shape index (κ2) is 4.77. The highest BCUT2D eigenvalue weighted by molar-refractivity contribution is 9.10. The number of amides is 1. The fraction of sp³-hybridized carbons (Fsp3) is 0. The highest BCUT2D eigenvalue weighted by Crippen LogP contribution is 2.25. The van der Waals surface area contributed by atoms with Crippen molar-refractivity contribution in [3.63, 3.8) is 0 Å². The van der Waals surface area contributed by atoms with Crippen molar-refractivity contribution in [2.75, 3.05) is 11.1 Å². The quantitative estimate of drug-likeness (QED) is 0.836. The number of nitrogens with two attached hydrogens (primary N) is 1. The summed E-state index contributed by atoms with van der Waals surface area (Å²) in [5, 5.41) is 2.16. The van der Waals surface area contributed by atoms with Crippen LogP contribution in [0.5, 0.6) is 0 Å². The summed E-state index contributed by atoms with van der Waals surface area (Å²) in [5.41, 5.74) is 4.97. The number of anilines is 2. The minimum absolute atomic E-state index is 0.0510. The average molecular weight is 317 g/mol. The molecule has 2 aromatic rings. The van der Waals surface area contributed by atoms with Gasteiger partial charge in [-0.3, -0.25) is 4.79 Å². The Hall–Kier alpha value is -1.89. The second-order valence-electron chi connectivity index (χ2n) is 3.38. The van der Waals surface area contributed by atoms with Gasteiger partial charge in [0.25, 0.3) is 5.91 Å². The first kappa shape index (κ1) is 12.6. The van der Waals surface area contributed by atoms with Gasteiger partial charge in [0.1, 0.15) is 5.69 Å². The van der Waals surface area contributed by atoms with Crippen LogP contribution in [-0.4, -0.2) is 5.91 Å². The third-order valence-electron chi connectivity index (χ3n) is 2.16. The van der Waals surface area contributed by atoms with E-state index in [-0.39, 0.29) is 11.4 Å². The predicted molar refractivity (Wildman–Crippen MR) is 65.1 cm³/mol. The van der Waals surface area contributed by atoms with Gasteiger partial charge in [-0.2, -0.15) is 0 Å². The Morgan fingerprint density at radius 2 is 2.00 bits per heavy atom. The number of rotatable bonds is 2. The van der Waals surface area contributed by atoms with Crippen molar-refractivity contribution in [3.8, 4) is 0 Å². The molecule has 1 aromatic heterocycles. The normalized spacial score (nSPS) is 10.4. The summed E-state index contributed by atoms with van der Waals surface area (Å²) in [6, 6.07) is 4.92. The first-order valence-corrected chi connectivity index (χ1v) is 5.58. The van der Waals surface area contributed by atoms with Gasteiger partial charge in [-0.15, -0.1) is 0 Å². The van der Waals surface area contributed by atoms with E-state index in [1.165, 1.54) is 12.1 Å². The first-order valence-electron chi connectivity index (χ1n) is 4.79. The zero-order valence-electron chi connectivity index (χ0n) is 8.84. The molecule has 1 aromatic carbocycles. The van der Waals surface area contributed by atoms with Gasteiger partial charge < -0.3 is 15.5 Å². The Morgan fingerprint density at radius 3 is 2.61 bits per heavy atom. The van der Waals surface area contributed by atoms with E-state index in [1.807, 2.05) is 0 Å². The standard InChI is InChI=1S/C11H7BrF2N2O2/c12-8-4-3-7(18-8)11(17)16-10-6(15)2-1-5(13)9(10)14/h1-4H,15H2,(H,16,17). The predicted octanol–water partition coefficient (Wildman–Crippen LogP) is 3.15. The summed E-state index contributed by atoms with van der Waals surface area (Å²) >= 11 is 3.02. The lowest BCUT2D eigenvalue weighted by Crippen LogP contribution is -2.14. The Bertz CT molecular complexity index is 613. The number of benzene rings is 1. The van der Waals surface area contributed by atoms with Gasteiger partial charge in [0.05, 0.1) is 5.69 Å². The molecule has 0 radical (unpaired) electrons. The van der Waals surface area contributed by atoms with Gasteiger partial charge in [0.2, 0.25) is 0 Å². The Labute approximate surface area is 109 Å². The number of nitrogen functional groups attached to an aromatic ring is 1. The molecule has 0 atom stereocenters. The van der Waals surface area contributed by atoms with Gasteiger partial charge in [-0.25, -0.2) is 8.78 Å². The highest BCUT2D eigenvalue weighted by atomic mass is 79.9. The Morgan fingerprint density at radius 1 is 1.28 bits per heavy atom. The zero-order chi connectivity index (χ0) is 13.3. The molecule has 0 unspecified atom stereocenters. The van der Waals surface area contributed by atoms with E-state index < -0.39 is 23.2 Å². The average Bonchev–Trinajstić information content (AvgIpc) is 2.76. The van der Waals surface area contributed by atoms with Crippen molar-refractivity contribution in [1.29, 1.82) is 0 Å². The van der Waals surface area contributed by atoms with Crippen LogP contribution in [0.2, 0.25) is 0 Å². The smallest absolute Gasteiger partial charge is 0.291 e. The number of hydrogen-bond acceptors (Lipinski definition) is 3. The third-order valence-corrected chi connectivity index (χ3v) is 2.59. The maximum atomic E-state index is 13.4. The molecule has 0 bridgehead atoms. The van der Waals surface area contributed by atoms with Gasteiger partial charge >= 0.3 is 0 Å². The summed E-state index contributed by atoms with van der Waals surface area (Å²) in [4.78, 5) is 11.7. The minimum atomic E-state index is -1.21. The lowest BCUT2D eigenvalue weighted by atomic mass is 10.2. The van der Waals surface area contributed by atoms with E-state index in [4.69, 9.17) is 10.2 Å². The highest BCUT2D eigenvalue weighted by Gasteiger charge is 2.17. The summed E-state index contributed by atoms with van der Waals surface area (Å²) in [7, 11) is 0. The summed E-state index contributed by atoms with van der Waals surface area (Å²) < 4.78 is 31.8. The molecule has 4 nitrogen and oxygen atoms in total. The van der Waals surface area contributed by atoms with Crippen LogP contribution in [-0.2, 0) is 0 Å². The monoisotopic (exact) mass is 316 g/mol. The van der Waals surface area contributed by atoms with Crippen molar-refractivity contribution >= 4 is 33.2 Å². The van der Waals surface area contributed by atoms with E-state index in [0.29, 0.717) is 4.67 Å². The van der Waals surface area contributed by atoms with Crippen LogP contribution in [0, 0.1) is 11.6 Å². The fourth-order valence-corrected chi connectivity index (χ4v) is 1.61. The third kappa shape index (κ3) is 2.35. The molecule has 3 N–H and O–H groups in total. The van der Waals surface area contributed by atoms with Crippen LogP contribution in [0.1, 0.15) is 10.6 Å². The van der Waals surface area contributed by atoms with Gasteiger partial charge in [0.15, 0.2) is 22.1 Å². The molecular weight excluding hydrogens is 310 g/mol. The maximum Gasteiger partial charge on any atom is 0.291 e. The fourth-order valence-electron chi connectivity index (χ4n) is 1.30. The molecule has 2 rings (SSSR count). The molecule has 94 valence electrons. The molecule has 0 aliphatic rings. The van der Waals surface area contributed by atoms with E-state index in [9.17, 15) is 13.6 Å². The number of furan rings is 1. The topological polar surface area (TPSA) is 68.3 Å². The molecule has 0 aliphatic carbocycles. The minimum Gasteiger partial charge on any atom is -0.444 e. The molecule has 0 aliphatic heterocycles. The van der Waals surface area contributed by atoms with Crippen LogP contribution in [0.15, 0.2) is 33.4 Å². The molecule has 18 heavy (non-hydrogen) atoms. The molecule has 0 fully saturated rings. The summed E-state index contributed by atoms with van der Waals surface area (Å²) in [6.07, 6.45) is 0. The largest absolute Gasteiger partial charge is 0.444 e. The van der Waals surface area contributed by atoms with Crippen molar-refractivity contribution in [3.05, 3.63) is 46.3 Å². The summed E-state index contributed by atoms with van der Waals surface area (Å²) in [5.74, 6) is -3.09. The van der Waals surface area contributed by atoms with Crippen LogP contribution in [0.25, 0.3) is 0 Å².